The summed E-state index contributed by atoms with van der Waals surface area (Å²) in [5.41, 5.74) is 1.58. The monoisotopic (exact) mass is 433 g/mol. The summed E-state index contributed by atoms with van der Waals surface area (Å²) >= 11 is 1.63. The van der Waals surface area contributed by atoms with Crippen molar-refractivity contribution in [3.63, 3.8) is 0 Å². The molecule has 0 aliphatic heterocycles. The van der Waals surface area contributed by atoms with Crippen LogP contribution < -0.4 is 10.2 Å². The molecule has 2 aromatic heterocycles. The maximum absolute atomic E-state index is 13.2. The van der Waals surface area contributed by atoms with E-state index in [1.165, 1.54) is 6.20 Å². The van der Waals surface area contributed by atoms with E-state index in [1.807, 2.05) is 64.9 Å². The minimum atomic E-state index is -0.117. The number of para-hydroxylation sites is 2. The van der Waals surface area contributed by atoms with Crippen LogP contribution in [0.2, 0.25) is 0 Å². The lowest BCUT2D eigenvalue weighted by atomic mass is 10.1. The van der Waals surface area contributed by atoms with Gasteiger partial charge in [-0.15, -0.1) is 11.3 Å². The largest absolute Gasteiger partial charge is 0.496 e. The van der Waals surface area contributed by atoms with E-state index in [9.17, 15) is 9.59 Å². The Labute approximate surface area is 184 Å². The third-order valence-electron chi connectivity index (χ3n) is 5.13. The summed E-state index contributed by atoms with van der Waals surface area (Å²) in [6.45, 7) is 1.39. The number of rotatable bonds is 8. The standard InChI is InChI=1S/C24H23N3O3S/c1-30-23-11-5-2-7-18(23)16-26(17-19-8-6-14-31-19)24(29)12-13-27-21-10-4-3-9-20(21)22(28)15-25-27/h2-11,14-15H,12-13,16-17H2,1H3. The van der Waals surface area contributed by atoms with E-state index < -0.39 is 0 Å². The van der Waals surface area contributed by atoms with Crippen molar-refractivity contribution in [3.8, 4) is 5.75 Å². The SMILES string of the molecule is COc1ccccc1CN(Cc1cccs1)C(=O)CCn1ncc(=O)c2ccccc21. The topological polar surface area (TPSA) is 64.4 Å². The van der Waals surface area contributed by atoms with Gasteiger partial charge in [0.15, 0.2) is 0 Å². The second-order valence-corrected chi connectivity index (χ2v) is 8.17. The van der Waals surface area contributed by atoms with Crippen LogP contribution in [0.3, 0.4) is 0 Å². The Hall–Kier alpha value is -3.45. The first kappa shape index (κ1) is 20.8. The summed E-state index contributed by atoms with van der Waals surface area (Å²) in [4.78, 5) is 28.3. The molecule has 0 spiro atoms. The molecule has 0 bridgehead atoms. The van der Waals surface area contributed by atoms with E-state index in [0.717, 1.165) is 21.7 Å². The maximum atomic E-state index is 13.2. The predicted molar refractivity (Wildman–Crippen MR) is 122 cm³/mol. The molecule has 4 aromatic rings. The number of methoxy groups -OCH3 is 1. The van der Waals surface area contributed by atoms with Crippen LogP contribution in [0.4, 0.5) is 0 Å². The van der Waals surface area contributed by atoms with Gasteiger partial charge in [-0.25, -0.2) is 0 Å². The molecule has 6 nitrogen and oxygen atoms in total. The highest BCUT2D eigenvalue weighted by Crippen LogP contribution is 2.22. The normalized spacial score (nSPS) is 10.9. The van der Waals surface area contributed by atoms with Gasteiger partial charge < -0.3 is 9.64 Å². The van der Waals surface area contributed by atoms with E-state index in [0.29, 0.717) is 25.0 Å². The molecule has 0 fully saturated rings. The number of benzene rings is 2. The van der Waals surface area contributed by atoms with E-state index in [4.69, 9.17) is 4.74 Å². The number of ether oxygens (including phenoxy) is 1. The van der Waals surface area contributed by atoms with Crippen molar-refractivity contribution in [2.24, 2.45) is 0 Å². The van der Waals surface area contributed by atoms with E-state index in [2.05, 4.69) is 5.10 Å². The van der Waals surface area contributed by atoms with Gasteiger partial charge in [-0.3, -0.25) is 14.3 Å². The third kappa shape index (κ3) is 4.83. The Morgan fingerprint density at radius 3 is 2.68 bits per heavy atom. The summed E-state index contributed by atoms with van der Waals surface area (Å²) < 4.78 is 7.19. The molecular formula is C24H23N3O3S. The summed E-state index contributed by atoms with van der Waals surface area (Å²) in [6, 6.07) is 19.1. The summed E-state index contributed by atoms with van der Waals surface area (Å²) in [7, 11) is 1.64. The van der Waals surface area contributed by atoms with Gasteiger partial charge in [-0.1, -0.05) is 36.4 Å². The Morgan fingerprint density at radius 2 is 1.87 bits per heavy atom. The lowest BCUT2D eigenvalue weighted by Gasteiger charge is -2.23. The van der Waals surface area contributed by atoms with Crippen LogP contribution >= 0.6 is 11.3 Å². The fourth-order valence-electron chi connectivity index (χ4n) is 3.56. The molecule has 4 rings (SSSR count). The summed E-state index contributed by atoms with van der Waals surface area (Å²) in [6.07, 6.45) is 1.59. The van der Waals surface area contributed by atoms with Crippen molar-refractivity contribution in [1.29, 1.82) is 0 Å². The van der Waals surface area contributed by atoms with E-state index >= 15 is 0 Å². The summed E-state index contributed by atoms with van der Waals surface area (Å²) in [5, 5.41) is 6.86. The average molecular weight is 434 g/mol. The Balaban J connectivity index is 1.55. The molecule has 0 unspecified atom stereocenters. The van der Waals surface area contributed by atoms with Gasteiger partial charge in [0.05, 0.1) is 31.9 Å². The van der Waals surface area contributed by atoms with Crippen LogP contribution in [-0.2, 0) is 24.4 Å². The fraction of sp³-hybridized carbons (Fsp3) is 0.208. The van der Waals surface area contributed by atoms with E-state index in [-0.39, 0.29) is 17.8 Å². The second-order valence-electron chi connectivity index (χ2n) is 7.14. The van der Waals surface area contributed by atoms with Crippen LogP contribution in [0.5, 0.6) is 5.75 Å². The molecule has 0 aliphatic carbocycles. The van der Waals surface area contributed by atoms with E-state index in [1.54, 1.807) is 29.2 Å². The Bertz CT molecular complexity index is 1230. The average Bonchev–Trinajstić information content (AvgIpc) is 3.32. The molecule has 2 heterocycles. The van der Waals surface area contributed by atoms with Gasteiger partial charge >= 0.3 is 0 Å². The van der Waals surface area contributed by atoms with Crippen LogP contribution in [-0.4, -0.2) is 27.7 Å². The molecule has 7 heteroatoms. The molecule has 0 atom stereocenters. The molecule has 0 saturated carbocycles. The minimum absolute atomic E-state index is 0.0175. The van der Waals surface area contributed by atoms with Crippen molar-refractivity contribution in [3.05, 3.63) is 92.9 Å². The number of carbonyl (C=O) groups excluding carboxylic acids is 1. The van der Waals surface area contributed by atoms with Crippen LogP contribution in [0.15, 0.2) is 77.0 Å². The zero-order valence-electron chi connectivity index (χ0n) is 17.2. The Morgan fingerprint density at radius 1 is 1.06 bits per heavy atom. The highest BCUT2D eigenvalue weighted by atomic mass is 32.1. The van der Waals surface area contributed by atoms with Crippen LogP contribution in [0.1, 0.15) is 16.9 Å². The zero-order chi connectivity index (χ0) is 21.6. The van der Waals surface area contributed by atoms with Crippen LogP contribution in [0.25, 0.3) is 10.9 Å². The minimum Gasteiger partial charge on any atom is -0.496 e. The van der Waals surface area contributed by atoms with Gasteiger partial charge in [-0.2, -0.15) is 5.10 Å². The number of amides is 1. The summed E-state index contributed by atoms with van der Waals surface area (Å²) in [5.74, 6) is 0.781. The number of nitrogens with zero attached hydrogens (tertiary/aromatic N) is 3. The van der Waals surface area contributed by atoms with Gasteiger partial charge in [0, 0.05) is 28.8 Å². The van der Waals surface area contributed by atoms with Crippen molar-refractivity contribution >= 4 is 28.1 Å². The molecule has 0 aliphatic rings. The molecule has 2 aromatic carbocycles. The van der Waals surface area contributed by atoms with Crippen LogP contribution in [0, 0.1) is 0 Å². The number of thiophene rings is 1. The molecule has 0 radical (unpaired) electrons. The van der Waals surface area contributed by atoms with Gasteiger partial charge in [0.1, 0.15) is 5.75 Å². The first-order valence-corrected chi connectivity index (χ1v) is 10.9. The predicted octanol–water partition coefficient (Wildman–Crippen LogP) is 4.09. The van der Waals surface area contributed by atoms with Crippen molar-refractivity contribution in [1.82, 2.24) is 14.7 Å². The quantitative estimate of drug-likeness (QED) is 0.420. The molecule has 31 heavy (non-hydrogen) atoms. The third-order valence-corrected chi connectivity index (χ3v) is 5.99. The number of carbonyl (C=O) groups is 1. The highest BCUT2D eigenvalue weighted by Gasteiger charge is 2.17. The molecule has 0 saturated heterocycles. The van der Waals surface area contributed by atoms with Crippen molar-refractivity contribution in [2.45, 2.75) is 26.1 Å². The van der Waals surface area contributed by atoms with Gasteiger partial charge in [0.2, 0.25) is 11.3 Å². The molecule has 0 N–H and O–H groups in total. The lowest BCUT2D eigenvalue weighted by molar-refractivity contribution is -0.132. The number of hydrogen-bond donors (Lipinski definition) is 0. The number of hydrogen-bond acceptors (Lipinski definition) is 5. The number of fused-ring (bicyclic) bond motifs is 1. The maximum Gasteiger partial charge on any atom is 0.225 e. The zero-order valence-corrected chi connectivity index (χ0v) is 18.0. The Kier molecular flexibility index (Phi) is 6.43. The number of aryl methyl sites for hydroxylation is 1. The first-order chi connectivity index (χ1) is 15.2. The highest BCUT2D eigenvalue weighted by molar-refractivity contribution is 7.09. The van der Waals surface area contributed by atoms with Crippen molar-refractivity contribution in [2.75, 3.05) is 7.11 Å². The first-order valence-electron chi connectivity index (χ1n) is 10.0. The smallest absolute Gasteiger partial charge is 0.225 e. The van der Waals surface area contributed by atoms with Crippen molar-refractivity contribution < 1.29 is 9.53 Å². The molecule has 158 valence electrons. The molecule has 1 amide bonds. The van der Waals surface area contributed by atoms with Gasteiger partial charge in [-0.05, 0) is 29.6 Å². The second kappa shape index (κ2) is 9.57. The fourth-order valence-corrected chi connectivity index (χ4v) is 4.28. The molecular weight excluding hydrogens is 410 g/mol. The number of aromatic nitrogens is 2. The lowest BCUT2D eigenvalue weighted by Crippen LogP contribution is -2.31. The van der Waals surface area contributed by atoms with Gasteiger partial charge in [0.25, 0.3) is 0 Å².